The Hall–Kier alpha value is -3.13. The molecule has 2 rings (SSSR count). The van der Waals surface area contributed by atoms with Crippen LogP contribution in [0.25, 0.3) is 6.08 Å². The van der Waals surface area contributed by atoms with Crippen molar-refractivity contribution in [2.24, 2.45) is 0 Å². The molecule has 0 bridgehead atoms. The summed E-state index contributed by atoms with van der Waals surface area (Å²) in [6.45, 7) is 0.362. The third-order valence-corrected chi connectivity index (χ3v) is 3.79. The van der Waals surface area contributed by atoms with Crippen molar-refractivity contribution in [1.82, 2.24) is 0 Å². The van der Waals surface area contributed by atoms with Gasteiger partial charge in [-0.1, -0.05) is 17.7 Å². The van der Waals surface area contributed by atoms with Gasteiger partial charge in [0.05, 0.1) is 17.3 Å². The van der Waals surface area contributed by atoms with E-state index < -0.39 is 12.5 Å². The molecule has 0 radical (unpaired) electrons. The first-order valence-corrected chi connectivity index (χ1v) is 8.94. The minimum Gasteiger partial charge on any atom is -0.490 e. The molecule has 0 atom stereocenters. The summed E-state index contributed by atoms with van der Waals surface area (Å²) in [6.07, 6.45) is 2.73. The maximum atomic E-state index is 12.5. The largest absolute Gasteiger partial charge is 0.490 e. The van der Waals surface area contributed by atoms with E-state index in [0.717, 1.165) is 0 Å². The van der Waals surface area contributed by atoms with Gasteiger partial charge in [-0.05, 0) is 48.9 Å². The maximum absolute atomic E-state index is 12.5. The van der Waals surface area contributed by atoms with Crippen LogP contribution >= 0.6 is 11.6 Å². The molecule has 0 unspecified atom stereocenters. The van der Waals surface area contributed by atoms with E-state index in [1.165, 1.54) is 43.3 Å². The number of benzene rings is 2. The molecule has 0 aliphatic carbocycles. The van der Waals surface area contributed by atoms with Gasteiger partial charge >= 0.3 is 6.61 Å². The Morgan fingerprint density at radius 3 is 2.55 bits per heavy atom. The van der Waals surface area contributed by atoms with Gasteiger partial charge in [0.15, 0.2) is 11.5 Å². The zero-order valence-electron chi connectivity index (χ0n) is 15.7. The SMILES string of the molecule is CCOc1cc(/C=C/C(=O)Nc2cc(NC(C)=O)ccc2Cl)ccc1OC(F)F. The third-order valence-electron chi connectivity index (χ3n) is 3.46. The van der Waals surface area contributed by atoms with Crippen molar-refractivity contribution in [3.05, 3.63) is 53.1 Å². The average Bonchev–Trinajstić information content (AvgIpc) is 2.64. The molecule has 0 aliphatic heterocycles. The summed E-state index contributed by atoms with van der Waals surface area (Å²) in [5.74, 6) is -0.682. The van der Waals surface area contributed by atoms with Crippen LogP contribution in [0.3, 0.4) is 0 Å². The predicted molar refractivity (Wildman–Crippen MR) is 108 cm³/mol. The molecule has 0 saturated heterocycles. The normalized spacial score (nSPS) is 10.8. The van der Waals surface area contributed by atoms with Gasteiger partial charge < -0.3 is 20.1 Å². The van der Waals surface area contributed by atoms with Crippen molar-refractivity contribution in [3.8, 4) is 11.5 Å². The lowest BCUT2D eigenvalue weighted by Gasteiger charge is -2.11. The van der Waals surface area contributed by atoms with Crippen molar-refractivity contribution < 1.29 is 27.8 Å². The van der Waals surface area contributed by atoms with Crippen LogP contribution < -0.4 is 20.1 Å². The van der Waals surface area contributed by atoms with E-state index in [-0.39, 0.29) is 24.0 Å². The van der Waals surface area contributed by atoms with Gasteiger partial charge in [0.1, 0.15) is 0 Å². The molecule has 2 N–H and O–H groups in total. The highest BCUT2D eigenvalue weighted by molar-refractivity contribution is 6.34. The standard InChI is InChI=1S/C20H19ClF2N2O4/c1-3-28-18-10-13(4-8-17(18)29-20(22)23)5-9-19(27)25-16-11-14(24-12(2)26)6-7-15(16)21/h4-11,20H,3H2,1-2H3,(H,24,26)(H,25,27)/b9-5+. The molecule has 29 heavy (non-hydrogen) atoms. The van der Waals surface area contributed by atoms with Crippen LogP contribution in [0.5, 0.6) is 11.5 Å². The highest BCUT2D eigenvalue weighted by Gasteiger charge is 2.11. The summed E-state index contributed by atoms with van der Waals surface area (Å²) < 4.78 is 34.6. The highest BCUT2D eigenvalue weighted by atomic mass is 35.5. The molecule has 154 valence electrons. The summed E-state index contributed by atoms with van der Waals surface area (Å²) in [5, 5.41) is 5.50. The van der Waals surface area contributed by atoms with E-state index in [2.05, 4.69) is 15.4 Å². The summed E-state index contributed by atoms with van der Waals surface area (Å²) in [7, 11) is 0. The molecule has 0 saturated carbocycles. The Balaban J connectivity index is 2.12. The molecule has 0 aliphatic rings. The molecule has 0 aromatic heterocycles. The lowest BCUT2D eigenvalue weighted by molar-refractivity contribution is -0.114. The van der Waals surface area contributed by atoms with Gasteiger partial charge in [0.2, 0.25) is 11.8 Å². The molecular weight excluding hydrogens is 406 g/mol. The van der Waals surface area contributed by atoms with Crippen molar-refractivity contribution in [3.63, 3.8) is 0 Å². The number of hydrogen-bond donors (Lipinski definition) is 2. The molecule has 2 amide bonds. The van der Waals surface area contributed by atoms with Crippen LogP contribution in [0.1, 0.15) is 19.4 Å². The lowest BCUT2D eigenvalue weighted by atomic mass is 10.2. The van der Waals surface area contributed by atoms with Crippen LogP contribution in [0.15, 0.2) is 42.5 Å². The molecular formula is C20H19ClF2N2O4. The van der Waals surface area contributed by atoms with Crippen molar-refractivity contribution in [2.45, 2.75) is 20.5 Å². The fraction of sp³-hybridized carbons (Fsp3) is 0.200. The molecule has 2 aromatic carbocycles. The van der Waals surface area contributed by atoms with Crippen LogP contribution in [-0.2, 0) is 9.59 Å². The number of carbonyl (C=O) groups excluding carboxylic acids is 2. The Bertz CT molecular complexity index is 919. The Kier molecular flexibility index (Phi) is 7.97. The van der Waals surface area contributed by atoms with E-state index in [0.29, 0.717) is 22.0 Å². The number of alkyl halides is 2. The Labute approximate surface area is 171 Å². The Morgan fingerprint density at radius 2 is 1.90 bits per heavy atom. The smallest absolute Gasteiger partial charge is 0.387 e. The summed E-state index contributed by atoms with van der Waals surface area (Å²) in [5.41, 5.74) is 1.35. The average molecular weight is 425 g/mol. The van der Waals surface area contributed by atoms with Crippen molar-refractivity contribution >= 4 is 40.9 Å². The lowest BCUT2D eigenvalue weighted by Crippen LogP contribution is -2.10. The van der Waals surface area contributed by atoms with Crippen LogP contribution in [-0.4, -0.2) is 25.0 Å². The second-order valence-electron chi connectivity index (χ2n) is 5.72. The summed E-state index contributed by atoms with van der Waals surface area (Å²) in [4.78, 5) is 23.3. The van der Waals surface area contributed by atoms with Crippen molar-refractivity contribution in [2.75, 3.05) is 17.2 Å². The quantitative estimate of drug-likeness (QED) is 0.588. The highest BCUT2D eigenvalue weighted by Crippen LogP contribution is 2.30. The predicted octanol–water partition coefficient (Wildman–Crippen LogP) is 4.95. The zero-order valence-corrected chi connectivity index (χ0v) is 16.4. The number of hydrogen-bond acceptors (Lipinski definition) is 4. The Morgan fingerprint density at radius 1 is 1.14 bits per heavy atom. The molecule has 0 fully saturated rings. The second-order valence-corrected chi connectivity index (χ2v) is 6.12. The minimum absolute atomic E-state index is 0.0926. The van der Waals surface area contributed by atoms with Crippen LogP contribution in [0, 0.1) is 0 Å². The van der Waals surface area contributed by atoms with Gasteiger partial charge in [-0.2, -0.15) is 8.78 Å². The van der Waals surface area contributed by atoms with Gasteiger partial charge in [-0.3, -0.25) is 9.59 Å². The van der Waals surface area contributed by atoms with Crippen LogP contribution in [0.2, 0.25) is 5.02 Å². The topological polar surface area (TPSA) is 76.7 Å². The zero-order chi connectivity index (χ0) is 21.4. The molecule has 0 heterocycles. The van der Waals surface area contributed by atoms with E-state index in [1.54, 1.807) is 19.1 Å². The summed E-state index contributed by atoms with van der Waals surface area (Å²) >= 11 is 6.07. The molecule has 2 aromatic rings. The second kappa shape index (κ2) is 10.4. The number of ether oxygens (including phenoxy) is 2. The first-order chi connectivity index (χ1) is 13.8. The van der Waals surface area contributed by atoms with Gasteiger partial charge in [-0.15, -0.1) is 0 Å². The number of amides is 2. The molecule has 6 nitrogen and oxygen atoms in total. The maximum Gasteiger partial charge on any atom is 0.387 e. The van der Waals surface area contributed by atoms with Crippen LogP contribution in [0.4, 0.5) is 20.2 Å². The van der Waals surface area contributed by atoms with E-state index >= 15 is 0 Å². The van der Waals surface area contributed by atoms with Gasteiger partial charge in [0.25, 0.3) is 0 Å². The van der Waals surface area contributed by atoms with E-state index in [1.807, 2.05) is 0 Å². The minimum atomic E-state index is -2.97. The third kappa shape index (κ3) is 7.08. The number of carbonyl (C=O) groups is 2. The number of nitrogens with one attached hydrogen (secondary N) is 2. The van der Waals surface area contributed by atoms with E-state index in [4.69, 9.17) is 16.3 Å². The van der Waals surface area contributed by atoms with E-state index in [9.17, 15) is 18.4 Å². The molecule has 0 spiro atoms. The fourth-order valence-corrected chi connectivity index (χ4v) is 2.50. The van der Waals surface area contributed by atoms with Crippen molar-refractivity contribution in [1.29, 1.82) is 0 Å². The number of halogens is 3. The first kappa shape index (κ1) is 22.2. The monoisotopic (exact) mass is 424 g/mol. The summed E-state index contributed by atoms with van der Waals surface area (Å²) in [6, 6.07) is 9.00. The molecule has 9 heteroatoms. The number of rotatable bonds is 8. The van der Waals surface area contributed by atoms with Gasteiger partial charge in [-0.25, -0.2) is 0 Å². The fourth-order valence-electron chi connectivity index (χ4n) is 2.34. The van der Waals surface area contributed by atoms with Gasteiger partial charge in [0, 0.05) is 18.7 Å². The number of anilines is 2. The first-order valence-electron chi connectivity index (χ1n) is 8.56.